The Morgan fingerprint density at radius 2 is 2.14 bits per heavy atom. The van der Waals surface area contributed by atoms with Gasteiger partial charge in [0.15, 0.2) is 0 Å². The monoisotopic (exact) mass is 195 g/mol. The molecular weight excluding hydrogens is 174 g/mol. The lowest BCUT2D eigenvalue weighted by atomic mass is 9.85. The Labute approximate surface area is 86.5 Å². The quantitative estimate of drug-likeness (QED) is 0.800. The van der Waals surface area contributed by atoms with E-state index in [0.29, 0.717) is 6.04 Å². The van der Waals surface area contributed by atoms with E-state index >= 15 is 0 Å². The van der Waals surface area contributed by atoms with Crippen LogP contribution in [0.15, 0.2) is 12.5 Å². The zero-order valence-corrected chi connectivity index (χ0v) is 9.83. The van der Waals surface area contributed by atoms with E-state index in [2.05, 4.69) is 44.2 Å². The predicted octanol–water partition coefficient (Wildman–Crippen LogP) is 2.12. The van der Waals surface area contributed by atoms with E-state index in [1.165, 1.54) is 0 Å². The number of nitrogens with zero attached hydrogens (tertiary/aromatic N) is 2. The molecule has 1 atom stereocenters. The number of hydrogen-bond acceptors (Lipinski definition) is 2. The van der Waals surface area contributed by atoms with Crippen LogP contribution in [0.25, 0.3) is 0 Å². The predicted molar refractivity (Wildman–Crippen MR) is 59.1 cm³/mol. The van der Waals surface area contributed by atoms with E-state index in [4.69, 9.17) is 0 Å². The van der Waals surface area contributed by atoms with Gasteiger partial charge in [0, 0.05) is 13.2 Å². The van der Waals surface area contributed by atoms with Gasteiger partial charge in [-0.25, -0.2) is 4.98 Å². The second-order valence-electron chi connectivity index (χ2n) is 4.82. The van der Waals surface area contributed by atoms with Crippen molar-refractivity contribution in [2.75, 3.05) is 6.54 Å². The average Bonchev–Trinajstić information content (AvgIpc) is 2.45. The maximum atomic E-state index is 4.40. The molecule has 0 radical (unpaired) electrons. The summed E-state index contributed by atoms with van der Waals surface area (Å²) in [4.78, 5) is 4.40. The number of rotatable bonds is 3. The van der Waals surface area contributed by atoms with Gasteiger partial charge in [-0.1, -0.05) is 27.7 Å². The summed E-state index contributed by atoms with van der Waals surface area (Å²) in [5, 5.41) is 3.48. The first-order valence-electron chi connectivity index (χ1n) is 5.16. The number of aromatic nitrogens is 2. The van der Waals surface area contributed by atoms with Crippen LogP contribution in [0.3, 0.4) is 0 Å². The molecule has 80 valence electrons. The minimum absolute atomic E-state index is 0.199. The first-order valence-corrected chi connectivity index (χ1v) is 5.16. The fourth-order valence-electron chi connectivity index (χ4n) is 1.64. The van der Waals surface area contributed by atoms with Crippen LogP contribution in [0, 0.1) is 5.41 Å². The zero-order valence-electron chi connectivity index (χ0n) is 9.83. The molecule has 0 bridgehead atoms. The Hall–Kier alpha value is -0.830. The molecule has 1 aromatic rings. The van der Waals surface area contributed by atoms with E-state index < -0.39 is 0 Å². The fraction of sp³-hybridized carbons (Fsp3) is 0.727. The third-order valence-electron chi connectivity index (χ3n) is 2.29. The number of aryl methyl sites for hydroxylation is 1. The molecule has 14 heavy (non-hydrogen) atoms. The number of imidazole rings is 1. The molecule has 3 heteroatoms. The van der Waals surface area contributed by atoms with E-state index in [-0.39, 0.29) is 5.41 Å². The Morgan fingerprint density at radius 1 is 1.50 bits per heavy atom. The molecule has 0 aliphatic rings. The molecular formula is C11H21N3. The Balaban J connectivity index is 2.88. The highest BCUT2D eigenvalue weighted by molar-refractivity contribution is 5.07. The van der Waals surface area contributed by atoms with Crippen molar-refractivity contribution in [1.82, 2.24) is 14.9 Å². The Bertz CT molecular complexity index is 283. The third kappa shape index (κ3) is 2.58. The van der Waals surface area contributed by atoms with Gasteiger partial charge in [-0.3, -0.25) is 0 Å². The molecule has 1 aromatic heterocycles. The van der Waals surface area contributed by atoms with Crippen molar-refractivity contribution in [3.8, 4) is 0 Å². The third-order valence-corrected chi connectivity index (χ3v) is 2.29. The van der Waals surface area contributed by atoms with Crippen LogP contribution < -0.4 is 5.32 Å². The maximum absolute atomic E-state index is 4.40. The molecule has 1 N–H and O–H groups in total. The van der Waals surface area contributed by atoms with Gasteiger partial charge in [-0.15, -0.1) is 0 Å². The van der Waals surface area contributed by atoms with Crippen molar-refractivity contribution in [2.45, 2.75) is 33.7 Å². The van der Waals surface area contributed by atoms with Gasteiger partial charge in [0.05, 0.1) is 18.1 Å². The summed E-state index contributed by atoms with van der Waals surface area (Å²) in [5.41, 5.74) is 1.33. The first kappa shape index (κ1) is 11.2. The van der Waals surface area contributed by atoms with Gasteiger partial charge >= 0.3 is 0 Å². The molecule has 0 amide bonds. The van der Waals surface area contributed by atoms with Crippen molar-refractivity contribution in [1.29, 1.82) is 0 Å². The standard InChI is InChI=1S/C11H21N3/c1-6-12-10(11(2,3)4)9-7-14(5)8-13-9/h7-8,10,12H,6H2,1-5H3. The average molecular weight is 195 g/mol. The van der Waals surface area contributed by atoms with E-state index in [1.807, 2.05) is 17.9 Å². The van der Waals surface area contributed by atoms with E-state index in [1.54, 1.807) is 0 Å². The summed E-state index contributed by atoms with van der Waals surface area (Å²) in [5.74, 6) is 0. The zero-order chi connectivity index (χ0) is 10.8. The molecule has 0 aromatic carbocycles. The Morgan fingerprint density at radius 3 is 2.50 bits per heavy atom. The molecule has 0 aliphatic heterocycles. The minimum atomic E-state index is 0.199. The molecule has 0 aliphatic carbocycles. The highest BCUT2D eigenvalue weighted by atomic mass is 15.0. The molecule has 0 spiro atoms. The topological polar surface area (TPSA) is 29.9 Å². The van der Waals surface area contributed by atoms with Crippen LogP contribution in [0.4, 0.5) is 0 Å². The van der Waals surface area contributed by atoms with Crippen LogP contribution in [0.5, 0.6) is 0 Å². The van der Waals surface area contributed by atoms with E-state index in [9.17, 15) is 0 Å². The molecule has 3 nitrogen and oxygen atoms in total. The molecule has 1 heterocycles. The smallest absolute Gasteiger partial charge is 0.0947 e. The van der Waals surface area contributed by atoms with Gasteiger partial charge < -0.3 is 9.88 Å². The number of hydrogen-bond donors (Lipinski definition) is 1. The van der Waals surface area contributed by atoms with Crippen molar-refractivity contribution >= 4 is 0 Å². The van der Waals surface area contributed by atoms with Gasteiger partial charge in [-0.05, 0) is 12.0 Å². The lowest BCUT2D eigenvalue weighted by Gasteiger charge is -2.29. The van der Waals surface area contributed by atoms with Crippen molar-refractivity contribution < 1.29 is 0 Å². The molecule has 1 rings (SSSR count). The molecule has 0 fully saturated rings. The van der Waals surface area contributed by atoms with Gasteiger partial charge in [0.1, 0.15) is 0 Å². The Kier molecular flexibility index (Phi) is 3.32. The lowest BCUT2D eigenvalue weighted by molar-refractivity contribution is 0.272. The summed E-state index contributed by atoms with van der Waals surface area (Å²) in [6, 6.07) is 0.327. The molecule has 0 saturated carbocycles. The second-order valence-corrected chi connectivity index (χ2v) is 4.82. The van der Waals surface area contributed by atoms with Crippen molar-refractivity contribution in [2.24, 2.45) is 12.5 Å². The van der Waals surface area contributed by atoms with Crippen molar-refractivity contribution in [3.05, 3.63) is 18.2 Å². The van der Waals surface area contributed by atoms with Crippen LogP contribution in [-0.4, -0.2) is 16.1 Å². The largest absolute Gasteiger partial charge is 0.340 e. The van der Waals surface area contributed by atoms with Crippen LogP contribution >= 0.6 is 0 Å². The highest BCUT2D eigenvalue weighted by Gasteiger charge is 2.26. The first-order chi connectivity index (χ1) is 6.45. The normalized spacial score (nSPS) is 14.4. The van der Waals surface area contributed by atoms with E-state index in [0.717, 1.165) is 12.2 Å². The SMILES string of the molecule is CCNC(c1cn(C)cn1)C(C)(C)C. The minimum Gasteiger partial charge on any atom is -0.340 e. The fourth-order valence-corrected chi connectivity index (χ4v) is 1.64. The molecule has 0 saturated heterocycles. The summed E-state index contributed by atoms with van der Waals surface area (Å²) in [6.45, 7) is 9.79. The summed E-state index contributed by atoms with van der Waals surface area (Å²) in [6.07, 6.45) is 3.93. The van der Waals surface area contributed by atoms with Crippen LogP contribution in [0.1, 0.15) is 39.4 Å². The second kappa shape index (κ2) is 4.13. The van der Waals surface area contributed by atoms with Crippen molar-refractivity contribution in [3.63, 3.8) is 0 Å². The van der Waals surface area contributed by atoms with Crippen LogP contribution in [-0.2, 0) is 7.05 Å². The summed E-state index contributed by atoms with van der Waals surface area (Å²) in [7, 11) is 2.00. The highest BCUT2D eigenvalue weighted by Crippen LogP contribution is 2.31. The van der Waals surface area contributed by atoms with Crippen LogP contribution in [0.2, 0.25) is 0 Å². The maximum Gasteiger partial charge on any atom is 0.0947 e. The van der Waals surface area contributed by atoms with Gasteiger partial charge in [0.2, 0.25) is 0 Å². The lowest BCUT2D eigenvalue weighted by Crippen LogP contribution is -2.32. The van der Waals surface area contributed by atoms with Gasteiger partial charge in [0.25, 0.3) is 0 Å². The summed E-state index contributed by atoms with van der Waals surface area (Å²) >= 11 is 0. The summed E-state index contributed by atoms with van der Waals surface area (Å²) < 4.78 is 1.99. The van der Waals surface area contributed by atoms with Gasteiger partial charge in [-0.2, -0.15) is 0 Å². The molecule has 1 unspecified atom stereocenters. The number of nitrogens with one attached hydrogen (secondary N) is 1.